The van der Waals surface area contributed by atoms with Crippen molar-refractivity contribution in [1.29, 1.82) is 0 Å². The van der Waals surface area contributed by atoms with E-state index in [2.05, 4.69) is 31.2 Å². The standard InChI is InChI=1S/C9H9BrN4S/c1-5-4-15-9(13-5)14-8-7(11)2-6(10)3-12-8/h2-4H,11H2,1H3,(H,12,13,14). The van der Waals surface area contributed by atoms with E-state index < -0.39 is 0 Å². The van der Waals surface area contributed by atoms with Gasteiger partial charge in [-0.15, -0.1) is 11.3 Å². The number of rotatable bonds is 2. The molecule has 2 rings (SSSR count). The molecule has 0 saturated heterocycles. The Balaban J connectivity index is 2.24. The molecule has 0 saturated carbocycles. The predicted octanol–water partition coefficient (Wildman–Crippen LogP) is 2.93. The third-order valence-electron chi connectivity index (χ3n) is 1.73. The molecule has 0 spiro atoms. The number of hydrogen-bond acceptors (Lipinski definition) is 5. The second kappa shape index (κ2) is 4.16. The zero-order valence-electron chi connectivity index (χ0n) is 7.99. The summed E-state index contributed by atoms with van der Waals surface area (Å²) in [6.07, 6.45) is 1.69. The number of aromatic nitrogens is 2. The lowest BCUT2D eigenvalue weighted by Crippen LogP contribution is -1.98. The van der Waals surface area contributed by atoms with E-state index in [1.54, 1.807) is 12.3 Å². The molecule has 78 valence electrons. The quantitative estimate of drug-likeness (QED) is 0.890. The minimum absolute atomic E-state index is 0.595. The van der Waals surface area contributed by atoms with Crippen LogP contribution in [0, 0.1) is 6.92 Å². The van der Waals surface area contributed by atoms with Crippen LogP contribution in [0.5, 0.6) is 0 Å². The molecule has 15 heavy (non-hydrogen) atoms. The Labute approximate surface area is 99.7 Å². The van der Waals surface area contributed by atoms with E-state index in [1.165, 1.54) is 11.3 Å². The van der Waals surface area contributed by atoms with Crippen LogP contribution in [0.4, 0.5) is 16.6 Å². The van der Waals surface area contributed by atoms with Crippen molar-refractivity contribution in [3.8, 4) is 0 Å². The van der Waals surface area contributed by atoms with Crippen LogP contribution in [0.3, 0.4) is 0 Å². The Bertz CT molecular complexity index is 483. The Morgan fingerprint density at radius 2 is 2.33 bits per heavy atom. The highest BCUT2D eigenvalue weighted by Gasteiger charge is 2.04. The van der Waals surface area contributed by atoms with Crippen molar-refractivity contribution in [2.45, 2.75) is 6.92 Å². The van der Waals surface area contributed by atoms with Gasteiger partial charge in [-0.2, -0.15) is 0 Å². The number of anilines is 3. The second-order valence-electron chi connectivity index (χ2n) is 3.01. The molecule has 0 aliphatic rings. The van der Waals surface area contributed by atoms with E-state index in [-0.39, 0.29) is 0 Å². The van der Waals surface area contributed by atoms with E-state index in [1.807, 2.05) is 12.3 Å². The SMILES string of the molecule is Cc1csc(Nc2ncc(Br)cc2N)n1. The molecule has 0 amide bonds. The zero-order valence-corrected chi connectivity index (χ0v) is 10.4. The number of nitrogens with zero attached hydrogens (tertiary/aromatic N) is 2. The summed E-state index contributed by atoms with van der Waals surface area (Å²) in [7, 11) is 0. The summed E-state index contributed by atoms with van der Waals surface area (Å²) in [5.74, 6) is 0.632. The van der Waals surface area contributed by atoms with Gasteiger partial charge in [-0.05, 0) is 28.9 Å². The van der Waals surface area contributed by atoms with Gasteiger partial charge in [0.25, 0.3) is 0 Å². The molecule has 0 bridgehead atoms. The lowest BCUT2D eigenvalue weighted by molar-refractivity contribution is 1.23. The average molecular weight is 285 g/mol. The fourth-order valence-corrected chi connectivity index (χ4v) is 2.11. The van der Waals surface area contributed by atoms with E-state index in [9.17, 15) is 0 Å². The smallest absolute Gasteiger partial charge is 0.188 e. The predicted molar refractivity (Wildman–Crippen MR) is 66.5 cm³/mol. The van der Waals surface area contributed by atoms with Gasteiger partial charge in [0.15, 0.2) is 10.9 Å². The first-order chi connectivity index (χ1) is 7.15. The average Bonchev–Trinajstić information content (AvgIpc) is 2.56. The maximum atomic E-state index is 5.80. The number of pyridine rings is 1. The molecule has 2 aromatic rings. The summed E-state index contributed by atoms with van der Waals surface area (Å²) in [5.41, 5.74) is 7.38. The van der Waals surface area contributed by atoms with Crippen LogP contribution in [0.25, 0.3) is 0 Å². The number of halogens is 1. The summed E-state index contributed by atoms with van der Waals surface area (Å²) in [5, 5.41) is 5.84. The van der Waals surface area contributed by atoms with Gasteiger partial charge in [-0.1, -0.05) is 0 Å². The van der Waals surface area contributed by atoms with Crippen molar-refractivity contribution < 1.29 is 0 Å². The molecule has 2 heterocycles. The summed E-state index contributed by atoms with van der Waals surface area (Å²) in [4.78, 5) is 8.44. The first-order valence-corrected chi connectivity index (χ1v) is 5.92. The molecule has 3 N–H and O–H groups in total. The van der Waals surface area contributed by atoms with E-state index >= 15 is 0 Å². The number of hydrogen-bond donors (Lipinski definition) is 2. The van der Waals surface area contributed by atoms with Gasteiger partial charge in [-0.3, -0.25) is 0 Å². The highest BCUT2D eigenvalue weighted by molar-refractivity contribution is 9.10. The van der Waals surface area contributed by atoms with Crippen LogP contribution in [-0.4, -0.2) is 9.97 Å². The number of nitrogens with one attached hydrogen (secondary N) is 1. The highest BCUT2D eigenvalue weighted by Crippen LogP contribution is 2.25. The van der Waals surface area contributed by atoms with E-state index in [0.29, 0.717) is 11.5 Å². The zero-order chi connectivity index (χ0) is 10.8. The van der Waals surface area contributed by atoms with Crippen LogP contribution >= 0.6 is 27.3 Å². The Kier molecular flexibility index (Phi) is 2.88. The molecule has 0 unspecified atom stereocenters. The summed E-state index contributed by atoms with van der Waals surface area (Å²) >= 11 is 4.83. The largest absolute Gasteiger partial charge is 0.396 e. The molecule has 0 aromatic carbocycles. The van der Waals surface area contributed by atoms with Crippen molar-refractivity contribution in [1.82, 2.24) is 9.97 Å². The molecule has 0 aliphatic heterocycles. The normalized spacial score (nSPS) is 10.3. The minimum atomic E-state index is 0.595. The van der Waals surface area contributed by atoms with Crippen LogP contribution in [0.15, 0.2) is 22.1 Å². The van der Waals surface area contributed by atoms with Gasteiger partial charge >= 0.3 is 0 Å². The second-order valence-corrected chi connectivity index (χ2v) is 4.78. The molecule has 0 atom stereocenters. The van der Waals surface area contributed by atoms with Crippen LogP contribution < -0.4 is 11.1 Å². The van der Waals surface area contributed by atoms with Crippen molar-refractivity contribution in [3.63, 3.8) is 0 Å². The topological polar surface area (TPSA) is 63.8 Å². The maximum absolute atomic E-state index is 5.80. The van der Waals surface area contributed by atoms with Crippen molar-refractivity contribution in [3.05, 3.63) is 27.8 Å². The lowest BCUT2D eigenvalue weighted by Gasteiger charge is -2.04. The van der Waals surface area contributed by atoms with Gasteiger partial charge in [0.05, 0.1) is 11.4 Å². The molecule has 0 radical (unpaired) electrons. The fourth-order valence-electron chi connectivity index (χ4n) is 1.07. The van der Waals surface area contributed by atoms with Gasteiger partial charge in [0, 0.05) is 16.0 Å². The van der Waals surface area contributed by atoms with Gasteiger partial charge in [0.2, 0.25) is 0 Å². The molecule has 4 nitrogen and oxygen atoms in total. The van der Waals surface area contributed by atoms with Crippen molar-refractivity contribution in [2.75, 3.05) is 11.1 Å². The highest BCUT2D eigenvalue weighted by atomic mass is 79.9. The summed E-state index contributed by atoms with van der Waals surface area (Å²) in [6, 6.07) is 1.80. The third kappa shape index (κ3) is 2.45. The lowest BCUT2D eigenvalue weighted by atomic mass is 10.4. The van der Waals surface area contributed by atoms with Gasteiger partial charge in [-0.25, -0.2) is 9.97 Å². The van der Waals surface area contributed by atoms with Crippen molar-refractivity contribution in [2.24, 2.45) is 0 Å². The monoisotopic (exact) mass is 284 g/mol. The molecular weight excluding hydrogens is 276 g/mol. The maximum Gasteiger partial charge on any atom is 0.188 e. The number of nitrogens with two attached hydrogens (primary N) is 1. The minimum Gasteiger partial charge on any atom is -0.396 e. The van der Waals surface area contributed by atoms with Crippen LogP contribution in [0.1, 0.15) is 5.69 Å². The third-order valence-corrected chi connectivity index (χ3v) is 3.04. The molecular formula is C9H9BrN4S. The fraction of sp³-hybridized carbons (Fsp3) is 0.111. The van der Waals surface area contributed by atoms with Crippen molar-refractivity contribution >= 4 is 43.9 Å². The Morgan fingerprint density at radius 1 is 1.53 bits per heavy atom. The summed E-state index contributed by atoms with van der Waals surface area (Å²) < 4.78 is 0.862. The number of aryl methyl sites for hydroxylation is 1. The van der Waals surface area contributed by atoms with E-state index in [0.717, 1.165) is 15.3 Å². The molecule has 2 aromatic heterocycles. The van der Waals surface area contributed by atoms with Crippen LogP contribution in [-0.2, 0) is 0 Å². The van der Waals surface area contributed by atoms with E-state index in [4.69, 9.17) is 5.73 Å². The number of thiazole rings is 1. The Hall–Kier alpha value is -1.14. The van der Waals surface area contributed by atoms with Crippen LogP contribution in [0.2, 0.25) is 0 Å². The molecule has 0 aliphatic carbocycles. The first-order valence-electron chi connectivity index (χ1n) is 4.25. The van der Waals surface area contributed by atoms with Gasteiger partial charge in [0.1, 0.15) is 0 Å². The Morgan fingerprint density at radius 3 is 2.93 bits per heavy atom. The first kappa shape index (κ1) is 10.4. The molecule has 0 fully saturated rings. The van der Waals surface area contributed by atoms with Gasteiger partial charge < -0.3 is 11.1 Å². The number of nitrogen functional groups attached to an aromatic ring is 1. The summed E-state index contributed by atoms with van der Waals surface area (Å²) in [6.45, 7) is 1.94. The molecule has 6 heteroatoms.